The van der Waals surface area contributed by atoms with Crippen LogP contribution in [0.15, 0.2) is 58.7 Å². The van der Waals surface area contributed by atoms with Gasteiger partial charge in [-0.05, 0) is 31.5 Å². The Labute approximate surface area is 184 Å². The molecule has 2 aromatic rings. The fraction of sp³-hybridized carbons (Fsp3) is 0.227. The van der Waals surface area contributed by atoms with E-state index in [2.05, 4.69) is 20.8 Å². The Morgan fingerprint density at radius 2 is 1.87 bits per heavy atom. The Bertz CT molecular complexity index is 1060. The number of carbonyl (C=O) groups excluding carboxylic acids is 3. The fourth-order valence-corrected chi connectivity index (χ4v) is 3.73. The SMILES string of the molecule is COC(=O)c1ccccc1NC(=O)CC1S/C(=N\N=C(/C)c2ccc(C)cc2)NC1=O. The smallest absolute Gasteiger partial charge is 0.339 e. The number of esters is 1. The molecular weight excluding hydrogens is 416 g/mol. The number of benzene rings is 2. The molecule has 0 bridgehead atoms. The van der Waals surface area contributed by atoms with Crippen LogP contribution >= 0.6 is 11.8 Å². The highest BCUT2D eigenvalue weighted by Crippen LogP contribution is 2.24. The van der Waals surface area contributed by atoms with E-state index >= 15 is 0 Å². The van der Waals surface area contributed by atoms with Crippen LogP contribution < -0.4 is 10.6 Å². The van der Waals surface area contributed by atoms with Gasteiger partial charge in [0.2, 0.25) is 11.8 Å². The molecule has 1 atom stereocenters. The summed E-state index contributed by atoms with van der Waals surface area (Å²) in [5.74, 6) is -1.27. The number of amides is 2. The number of rotatable bonds is 6. The van der Waals surface area contributed by atoms with Crippen molar-refractivity contribution in [3.63, 3.8) is 0 Å². The van der Waals surface area contributed by atoms with Crippen molar-refractivity contribution < 1.29 is 19.1 Å². The Hall–Kier alpha value is -3.46. The summed E-state index contributed by atoms with van der Waals surface area (Å²) >= 11 is 1.14. The number of aryl methyl sites for hydroxylation is 1. The minimum Gasteiger partial charge on any atom is -0.465 e. The summed E-state index contributed by atoms with van der Waals surface area (Å²) in [5.41, 5.74) is 3.37. The lowest BCUT2D eigenvalue weighted by Crippen LogP contribution is -2.28. The van der Waals surface area contributed by atoms with Gasteiger partial charge in [-0.1, -0.05) is 53.7 Å². The Morgan fingerprint density at radius 1 is 1.16 bits per heavy atom. The van der Waals surface area contributed by atoms with E-state index in [1.54, 1.807) is 24.3 Å². The van der Waals surface area contributed by atoms with Crippen molar-refractivity contribution in [1.82, 2.24) is 5.32 Å². The first-order chi connectivity index (χ1) is 14.9. The molecule has 0 aliphatic carbocycles. The lowest BCUT2D eigenvalue weighted by atomic mass is 10.1. The van der Waals surface area contributed by atoms with Crippen molar-refractivity contribution in [2.45, 2.75) is 25.5 Å². The Morgan fingerprint density at radius 3 is 2.58 bits per heavy atom. The average Bonchev–Trinajstić information content (AvgIpc) is 3.11. The first-order valence-electron chi connectivity index (χ1n) is 9.51. The summed E-state index contributed by atoms with van der Waals surface area (Å²) < 4.78 is 4.72. The minimum atomic E-state index is -0.640. The van der Waals surface area contributed by atoms with Crippen molar-refractivity contribution in [1.29, 1.82) is 0 Å². The van der Waals surface area contributed by atoms with Gasteiger partial charge < -0.3 is 15.4 Å². The maximum atomic E-state index is 12.4. The molecule has 0 saturated carbocycles. The van der Waals surface area contributed by atoms with Gasteiger partial charge in [-0.15, -0.1) is 5.10 Å². The van der Waals surface area contributed by atoms with Crippen LogP contribution in [0.4, 0.5) is 5.69 Å². The second-order valence-electron chi connectivity index (χ2n) is 6.84. The first-order valence-corrected chi connectivity index (χ1v) is 10.4. The van der Waals surface area contributed by atoms with E-state index in [-0.39, 0.29) is 17.9 Å². The third-order valence-electron chi connectivity index (χ3n) is 4.51. The normalized spacial score (nSPS) is 17.4. The number of nitrogens with one attached hydrogen (secondary N) is 2. The quantitative estimate of drug-likeness (QED) is 0.409. The molecule has 0 radical (unpaired) electrons. The summed E-state index contributed by atoms with van der Waals surface area (Å²) in [5, 5.41) is 13.3. The van der Waals surface area contributed by atoms with Gasteiger partial charge in [-0.25, -0.2) is 4.79 Å². The molecular formula is C22H22N4O4S. The van der Waals surface area contributed by atoms with Gasteiger partial charge in [0, 0.05) is 6.42 Å². The van der Waals surface area contributed by atoms with Crippen LogP contribution in [0.5, 0.6) is 0 Å². The van der Waals surface area contributed by atoms with E-state index in [0.717, 1.165) is 22.9 Å². The second kappa shape index (κ2) is 10.0. The van der Waals surface area contributed by atoms with Crippen molar-refractivity contribution in [2.24, 2.45) is 10.2 Å². The number of hydrogen-bond acceptors (Lipinski definition) is 7. The summed E-state index contributed by atoms with van der Waals surface area (Å²) in [6.45, 7) is 3.84. The zero-order chi connectivity index (χ0) is 22.4. The molecule has 1 heterocycles. The van der Waals surface area contributed by atoms with E-state index in [9.17, 15) is 14.4 Å². The van der Waals surface area contributed by atoms with E-state index in [1.807, 2.05) is 38.1 Å². The summed E-state index contributed by atoms with van der Waals surface area (Å²) in [6, 6.07) is 14.4. The maximum Gasteiger partial charge on any atom is 0.339 e. The molecule has 3 rings (SSSR count). The number of methoxy groups -OCH3 is 1. The van der Waals surface area contributed by atoms with Gasteiger partial charge in [0.15, 0.2) is 5.17 Å². The summed E-state index contributed by atoms with van der Waals surface area (Å²) in [4.78, 5) is 36.5. The highest BCUT2D eigenvalue weighted by molar-refractivity contribution is 8.15. The monoisotopic (exact) mass is 438 g/mol. The number of thioether (sulfide) groups is 1. The number of ether oxygens (including phenoxy) is 1. The fourth-order valence-electron chi connectivity index (χ4n) is 2.81. The van der Waals surface area contributed by atoms with E-state index < -0.39 is 17.1 Å². The van der Waals surface area contributed by atoms with Crippen LogP contribution in [-0.4, -0.2) is 41.0 Å². The van der Waals surface area contributed by atoms with Crippen molar-refractivity contribution in [3.8, 4) is 0 Å². The van der Waals surface area contributed by atoms with Gasteiger partial charge in [0.25, 0.3) is 0 Å². The van der Waals surface area contributed by atoms with Crippen molar-refractivity contribution in [2.75, 3.05) is 12.4 Å². The molecule has 160 valence electrons. The molecule has 31 heavy (non-hydrogen) atoms. The third-order valence-corrected chi connectivity index (χ3v) is 5.59. The molecule has 0 aromatic heterocycles. The Balaban J connectivity index is 1.62. The topological polar surface area (TPSA) is 109 Å². The lowest BCUT2D eigenvalue weighted by Gasteiger charge is -2.10. The summed E-state index contributed by atoms with van der Waals surface area (Å²) in [6.07, 6.45) is -0.0777. The Kier molecular flexibility index (Phi) is 7.19. The molecule has 1 saturated heterocycles. The number of anilines is 1. The van der Waals surface area contributed by atoms with Gasteiger partial charge in [0.05, 0.1) is 24.1 Å². The van der Waals surface area contributed by atoms with Gasteiger partial charge >= 0.3 is 5.97 Å². The highest BCUT2D eigenvalue weighted by atomic mass is 32.2. The standard InChI is InChI=1S/C22H22N4O4S/c1-13-8-10-15(11-9-13)14(2)25-26-22-24-20(28)18(31-22)12-19(27)23-17-7-5-4-6-16(17)21(29)30-3/h4-11,18H,12H2,1-3H3,(H,23,27)(H,24,26,28)/b25-14+. The average molecular weight is 439 g/mol. The molecule has 2 N–H and O–H groups in total. The number of nitrogens with zero attached hydrogens (tertiary/aromatic N) is 2. The van der Waals surface area contributed by atoms with Gasteiger partial charge in [0.1, 0.15) is 5.25 Å². The lowest BCUT2D eigenvalue weighted by molar-refractivity contribution is -0.122. The highest BCUT2D eigenvalue weighted by Gasteiger charge is 2.32. The van der Waals surface area contributed by atoms with Gasteiger partial charge in [-0.2, -0.15) is 5.10 Å². The van der Waals surface area contributed by atoms with Crippen molar-refractivity contribution >= 4 is 46.1 Å². The number of amidine groups is 1. The third kappa shape index (κ3) is 5.79. The number of hydrogen-bond donors (Lipinski definition) is 2. The second-order valence-corrected chi connectivity index (χ2v) is 8.03. The van der Waals surface area contributed by atoms with Crippen LogP contribution in [0.1, 0.15) is 34.8 Å². The van der Waals surface area contributed by atoms with Gasteiger partial charge in [-0.3, -0.25) is 9.59 Å². The molecule has 1 aliphatic rings. The van der Waals surface area contributed by atoms with Crippen LogP contribution in [0.25, 0.3) is 0 Å². The zero-order valence-corrected chi connectivity index (χ0v) is 18.2. The molecule has 0 spiro atoms. The van der Waals surface area contributed by atoms with Crippen LogP contribution in [-0.2, 0) is 14.3 Å². The largest absolute Gasteiger partial charge is 0.465 e. The molecule has 8 nitrogen and oxygen atoms in total. The predicted octanol–water partition coefficient (Wildman–Crippen LogP) is 3.12. The zero-order valence-electron chi connectivity index (χ0n) is 17.3. The number of carbonyl (C=O) groups is 3. The first kappa shape index (κ1) is 22.2. The van der Waals surface area contributed by atoms with E-state index in [0.29, 0.717) is 16.6 Å². The molecule has 2 amide bonds. The molecule has 1 unspecified atom stereocenters. The number of para-hydroxylation sites is 1. The van der Waals surface area contributed by atoms with E-state index in [4.69, 9.17) is 4.74 Å². The van der Waals surface area contributed by atoms with Crippen LogP contribution in [0.2, 0.25) is 0 Å². The van der Waals surface area contributed by atoms with Crippen LogP contribution in [0.3, 0.4) is 0 Å². The molecule has 1 aliphatic heterocycles. The summed E-state index contributed by atoms with van der Waals surface area (Å²) in [7, 11) is 1.27. The molecule has 2 aromatic carbocycles. The minimum absolute atomic E-state index is 0.0777. The predicted molar refractivity (Wildman–Crippen MR) is 121 cm³/mol. The van der Waals surface area contributed by atoms with E-state index in [1.165, 1.54) is 7.11 Å². The molecule has 1 fully saturated rings. The van der Waals surface area contributed by atoms with Crippen molar-refractivity contribution in [3.05, 3.63) is 65.2 Å². The van der Waals surface area contributed by atoms with Crippen LogP contribution in [0, 0.1) is 6.92 Å². The molecule has 9 heteroatoms. The maximum absolute atomic E-state index is 12.4.